The van der Waals surface area contributed by atoms with Gasteiger partial charge in [0, 0.05) is 6.54 Å². The number of rotatable bonds is 4. The minimum atomic E-state index is -0.358. The second-order valence-electron chi connectivity index (χ2n) is 4.81. The summed E-state index contributed by atoms with van der Waals surface area (Å²) in [6.07, 6.45) is 0.434. The molecule has 0 unspecified atom stereocenters. The molecule has 0 aliphatic heterocycles. The van der Waals surface area contributed by atoms with Crippen LogP contribution in [-0.2, 0) is 6.42 Å². The van der Waals surface area contributed by atoms with E-state index in [0.717, 1.165) is 5.56 Å². The van der Waals surface area contributed by atoms with Crippen LogP contribution in [-0.4, -0.2) is 12.6 Å². The normalized spacial score (nSPS) is 10.2. The third-order valence-corrected chi connectivity index (χ3v) is 3.09. The van der Waals surface area contributed by atoms with Gasteiger partial charge < -0.3 is 16.4 Å². The largest absolute Gasteiger partial charge is 0.397 e. The van der Waals surface area contributed by atoms with E-state index in [2.05, 4.69) is 10.6 Å². The quantitative estimate of drug-likeness (QED) is 0.756. The fraction of sp³-hybridized carbons (Fsp3) is 0.188. The molecule has 0 spiro atoms. The van der Waals surface area contributed by atoms with Crippen LogP contribution in [0.15, 0.2) is 42.5 Å². The van der Waals surface area contributed by atoms with Crippen LogP contribution in [0, 0.1) is 12.7 Å². The van der Waals surface area contributed by atoms with Gasteiger partial charge >= 0.3 is 6.03 Å². The van der Waals surface area contributed by atoms with Crippen molar-refractivity contribution in [2.24, 2.45) is 0 Å². The maximum Gasteiger partial charge on any atom is 0.319 e. The number of amides is 2. The third kappa shape index (κ3) is 4.21. The summed E-state index contributed by atoms with van der Waals surface area (Å²) >= 11 is 0. The predicted octanol–water partition coefficient (Wildman–Crippen LogP) is 3.08. The van der Waals surface area contributed by atoms with Crippen LogP contribution in [0.1, 0.15) is 11.1 Å². The Balaban J connectivity index is 1.85. The van der Waals surface area contributed by atoms with Gasteiger partial charge in [-0.25, -0.2) is 9.18 Å². The van der Waals surface area contributed by atoms with E-state index < -0.39 is 0 Å². The molecule has 5 heteroatoms. The second kappa shape index (κ2) is 6.74. The maximum absolute atomic E-state index is 13.4. The molecule has 0 atom stereocenters. The van der Waals surface area contributed by atoms with Crippen molar-refractivity contribution in [1.82, 2.24) is 5.32 Å². The molecule has 0 radical (unpaired) electrons. The van der Waals surface area contributed by atoms with Crippen molar-refractivity contribution in [2.45, 2.75) is 13.3 Å². The maximum atomic E-state index is 13.4. The molecule has 0 saturated heterocycles. The summed E-state index contributed by atoms with van der Waals surface area (Å²) in [4.78, 5) is 11.8. The van der Waals surface area contributed by atoms with Crippen LogP contribution in [0.3, 0.4) is 0 Å². The molecule has 4 N–H and O–H groups in total. The highest BCUT2D eigenvalue weighted by molar-refractivity contribution is 5.92. The zero-order valence-corrected chi connectivity index (χ0v) is 11.8. The van der Waals surface area contributed by atoms with E-state index in [4.69, 9.17) is 5.73 Å². The summed E-state index contributed by atoms with van der Waals surface area (Å²) < 4.78 is 13.4. The highest BCUT2D eigenvalue weighted by atomic mass is 19.1. The van der Waals surface area contributed by atoms with Crippen LogP contribution >= 0.6 is 0 Å². The van der Waals surface area contributed by atoms with Gasteiger partial charge in [-0.05, 0) is 42.7 Å². The van der Waals surface area contributed by atoms with Crippen LogP contribution < -0.4 is 16.4 Å². The lowest BCUT2D eigenvalue weighted by atomic mass is 10.1. The Morgan fingerprint density at radius 3 is 2.76 bits per heavy atom. The number of hydrogen-bond donors (Lipinski definition) is 3. The first-order valence-electron chi connectivity index (χ1n) is 6.70. The van der Waals surface area contributed by atoms with Gasteiger partial charge in [0.2, 0.25) is 0 Å². The molecule has 0 fully saturated rings. The lowest BCUT2D eigenvalue weighted by Crippen LogP contribution is -2.30. The zero-order chi connectivity index (χ0) is 15.2. The van der Waals surface area contributed by atoms with Gasteiger partial charge in [-0.15, -0.1) is 0 Å². The minimum absolute atomic E-state index is 0.261. The molecule has 2 aromatic rings. The van der Waals surface area contributed by atoms with Crippen LogP contribution in [0.4, 0.5) is 20.6 Å². The number of benzene rings is 2. The standard InChI is InChI=1S/C16H18FN3O/c1-11-6-7-14(18)15(10-11)20-16(21)19-9-8-12-4-2-3-5-13(12)17/h2-7,10H,8-9,18H2,1H3,(H2,19,20,21). The number of aryl methyl sites for hydroxylation is 1. The molecule has 0 aliphatic carbocycles. The zero-order valence-electron chi connectivity index (χ0n) is 11.8. The van der Waals surface area contributed by atoms with E-state index in [0.29, 0.717) is 29.9 Å². The van der Waals surface area contributed by atoms with Gasteiger partial charge in [-0.3, -0.25) is 0 Å². The van der Waals surface area contributed by atoms with Crippen LogP contribution in [0.2, 0.25) is 0 Å². The van der Waals surface area contributed by atoms with Crippen LogP contribution in [0.5, 0.6) is 0 Å². The molecule has 4 nitrogen and oxygen atoms in total. The van der Waals surface area contributed by atoms with Gasteiger partial charge in [0.1, 0.15) is 5.82 Å². The number of urea groups is 1. The average Bonchev–Trinajstić information content (AvgIpc) is 2.45. The molecule has 0 heterocycles. The van der Waals surface area contributed by atoms with Crippen LogP contribution in [0.25, 0.3) is 0 Å². The van der Waals surface area contributed by atoms with Gasteiger partial charge in [0.25, 0.3) is 0 Å². The number of nitrogens with one attached hydrogen (secondary N) is 2. The molecular weight excluding hydrogens is 269 g/mol. The van der Waals surface area contributed by atoms with Gasteiger partial charge in [0.15, 0.2) is 0 Å². The smallest absolute Gasteiger partial charge is 0.319 e. The third-order valence-electron chi connectivity index (χ3n) is 3.09. The fourth-order valence-electron chi connectivity index (χ4n) is 1.96. The van der Waals surface area contributed by atoms with Crippen molar-refractivity contribution in [3.63, 3.8) is 0 Å². The van der Waals surface area contributed by atoms with E-state index in [9.17, 15) is 9.18 Å². The Morgan fingerprint density at radius 2 is 2.00 bits per heavy atom. The van der Waals surface area contributed by atoms with Crippen molar-refractivity contribution >= 4 is 17.4 Å². The Labute approximate surface area is 123 Å². The van der Waals surface area contributed by atoms with Gasteiger partial charge in [-0.2, -0.15) is 0 Å². The van der Waals surface area contributed by atoms with E-state index in [-0.39, 0.29) is 11.8 Å². The molecule has 0 saturated carbocycles. The first-order chi connectivity index (χ1) is 10.1. The second-order valence-corrected chi connectivity index (χ2v) is 4.81. The number of hydrogen-bond acceptors (Lipinski definition) is 2. The first kappa shape index (κ1) is 14.8. The molecule has 0 aliphatic rings. The summed E-state index contributed by atoms with van der Waals surface area (Å²) in [5, 5.41) is 5.36. The van der Waals surface area contributed by atoms with E-state index >= 15 is 0 Å². The summed E-state index contributed by atoms with van der Waals surface area (Å²) in [6.45, 7) is 2.26. The van der Waals surface area contributed by atoms with E-state index in [1.165, 1.54) is 6.07 Å². The number of nitrogens with two attached hydrogens (primary N) is 1. The predicted molar refractivity (Wildman–Crippen MR) is 82.7 cm³/mol. The van der Waals surface area contributed by atoms with Crippen molar-refractivity contribution in [3.8, 4) is 0 Å². The Morgan fingerprint density at radius 1 is 1.24 bits per heavy atom. The molecule has 2 aromatic carbocycles. The lowest BCUT2D eigenvalue weighted by Gasteiger charge is -2.10. The average molecular weight is 287 g/mol. The molecule has 21 heavy (non-hydrogen) atoms. The highest BCUT2D eigenvalue weighted by Gasteiger charge is 2.06. The molecular formula is C16H18FN3O. The summed E-state index contributed by atoms with van der Waals surface area (Å²) in [7, 11) is 0. The van der Waals surface area contributed by atoms with Crippen molar-refractivity contribution in [2.75, 3.05) is 17.6 Å². The topological polar surface area (TPSA) is 67.1 Å². The monoisotopic (exact) mass is 287 g/mol. The SMILES string of the molecule is Cc1ccc(N)c(NC(=O)NCCc2ccccc2F)c1. The Bertz CT molecular complexity index is 643. The molecule has 110 valence electrons. The summed E-state index contributed by atoms with van der Waals surface area (Å²) in [6, 6.07) is 11.6. The van der Waals surface area contributed by atoms with Gasteiger partial charge in [0.05, 0.1) is 11.4 Å². The van der Waals surface area contributed by atoms with Crippen molar-refractivity contribution in [1.29, 1.82) is 0 Å². The van der Waals surface area contributed by atoms with E-state index in [1.807, 2.05) is 13.0 Å². The minimum Gasteiger partial charge on any atom is -0.397 e. The highest BCUT2D eigenvalue weighted by Crippen LogP contribution is 2.19. The fourth-order valence-corrected chi connectivity index (χ4v) is 1.96. The number of carbonyl (C=O) groups excluding carboxylic acids is 1. The van der Waals surface area contributed by atoms with Crippen molar-refractivity contribution < 1.29 is 9.18 Å². The van der Waals surface area contributed by atoms with Gasteiger partial charge in [-0.1, -0.05) is 24.3 Å². The lowest BCUT2D eigenvalue weighted by molar-refractivity contribution is 0.252. The Hall–Kier alpha value is -2.56. The summed E-state index contributed by atoms with van der Waals surface area (Å²) in [5.74, 6) is -0.261. The molecule has 2 amide bonds. The number of carbonyl (C=O) groups is 1. The number of anilines is 2. The van der Waals surface area contributed by atoms with Crippen molar-refractivity contribution in [3.05, 3.63) is 59.4 Å². The first-order valence-corrected chi connectivity index (χ1v) is 6.70. The number of halogens is 1. The molecule has 0 aromatic heterocycles. The summed E-state index contributed by atoms with van der Waals surface area (Å²) in [5.41, 5.74) is 8.44. The Kier molecular flexibility index (Phi) is 4.77. The molecule has 0 bridgehead atoms. The van der Waals surface area contributed by atoms with E-state index in [1.54, 1.807) is 30.3 Å². The molecule has 2 rings (SSSR count). The number of nitrogen functional groups attached to an aromatic ring is 1.